The molecule has 0 atom stereocenters. The fourth-order valence-electron chi connectivity index (χ4n) is 5.52. The molecule has 0 aliphatic heterocycles. The number of aromatic nitrogens is 2. The van der Waals surface area contributed by atoms with Crippen LogP contribution in [0.2, 0.25) is 0 Å². The second kappa shape index (κ2) is 10.1. The topological polar surface area (TPSA) is 65.7 Å². The number of benzene rings is 3. The monoisotopic (exact) mass is 553 g/mol. The van der Waals surface area contributed by atoms with Crippen molar-refractivity contribution < 1.29 is 19.1 Å². The highest BCUT2D eigenvalue weighted by atomic mass is 16.6. The van der Waals surface area contributed by atoms with E-state index in [4.69, 9.17) is 9.47 Å². The van der Waals surface area contributed by atoms with Gasteiger partial charge in [-0.2, -0.15) is 0 Å². The summed E-state index contributed by atoms with van der Waals surface area (Å²) in [4.78, 5) is 29.8. The van der Waals surface area contributed by atoms with Crippen molar-refractivity contribution in [3.63, 3.8) is 0 Å². The predicted octanol–water partition coefficient (Wildman–Crippen LogP) is 8.35. The molecule has 0 fully saturated rings. The number of hydrogen-bond acceptors (Lipinski definition) is 5. The summed E-state index contributed by atoms with van der Waals surface area (Å²) in [5, 5.41) is 3.61. The fraction of sp³-hybridized carbons (Fsp3) is 0.353. The van der Waals surface area contributed by atoms with Crippen LogP contribution in [0.1, 0.15) is 52.7 Å². The van der Waals surface area contributed by atoms with Crippen LogP contribution in [0.15, 0.2) is 54.6 Å². The van der Waals surface area contributed by atoms with Crippen molar-refractivity contribution >= 4 is 61.9 Å². The molecule has 0 radical (unpaired) electrons. The van der Waals surface area contributed by atoms with E-state index in [1.165, 1.54) is 0 Å². The van der Waals surface area contributed by atoms with Crippen LogP contribution in [0, 0.1) is 6.92 Å². The van der Waals surface area contributed by atoms with E-state index in [2.05, 4.69) is 17.1 Å². The van der Waals surface area contributed by atoms with Gasteiger partial charge in [0.05, 0.1) is 22.1 Å². The molecule has 5 rings (SSSR count). The van der Waals surface area contributed by atoms with Crippen molar-refractivity contribution in [2.75, 3.05) is 20.6 Å². The molecule has 0 aliphatic rings. The Hall–Kier alpha value is -4.10. The summed E-state index contributed by atoms with van der Waals surface area (Å²) in [6.07, 6.45) is 3.27. The van der Waals surface area contributed by atoms with Crippen LogP contribution in [-0.2, 0) is 9.47 Å². The van der Waals surface area contributed by atoms with E-state index in [1.54, 1.807) is 9.13 Å². The molecule has 0 amide bonds. The minimum atomic E-state index is -0.679. The second-order valence-corrected chi connectivity index (χ2v) is 12.8. The van der Waals surface area contributed by atoms with Gasteiger partial charge in [-0.15, -0.1) is 0 Å². The third-order valence-electron chi connectivity index (χ3n) is 6.91. The summed E-state index contributed by atoms with van der Waals surface area (Å²) in [5.41, 5.74) is 3.42. The van der Waals surface area contributed by atoms with E-state index < -0.39 is 23.4 Å². The maximum atomic E-state index is 13.9. The number of likely N-dealkylation sites (N-methyl/N-ethyl adjacent to an activating group) is 1. The number of para-hydroxylation sites is 2. The Kier molecular flexibility index (Phi) is 6.98. The molecule has 0 unspecified atom stereocenters. The summed E-state index contributed by atoms with van der Waals surface area (Å²) in [7, 11) is 4.02. The number of carbonyl (C=O) groups is 2. The van der Waals surface area contributed by atoms with Crippen LogP contribution < -0.4 is 0 Å². The van der Waals surface area contributed by atoms with Gasteiger partial charge in [-0.25, -0.2) is 18.7 Å². The molecule has 7 heteroatoms. The van der Waals surface area contributed by atoms with E-state index >= 15 is 0 Å². The lowest BCUT2D eigenvalue weighted by Gasteiger charge is -2.21. The second-order valence-electron chi connectivity index (χ2n) is 12.8. The van der Waals surface area contributed by atoms with E-state index in [0.717, 1.165) is 54.7 Å². The van der Waals surface area contributed by atoms with Gasteiger partial charge in [0, 0.05) is 33.7 Å². The standard InChI is InChI=1S/C34H39N3O4/c1-21-27-22-15-10-12-18-25(22)37(32(39)41-34(5,6)7)30(27)24(17-14-20-35(8)9)28-23-16-11-13-19-26(23)36(29(21)28)31(38)40-33(2,3)4/h10-19H,20H2,1-9H3/b17-14-. The Morgan fingerprint density at radius 2 is 1.22 bits per heavy atom. The number of nitrogens with zero attached hydrogens (tertiary/aromatic N) is 3. The average molecular weight is 554 g/mol. The van der Waals surface area contributed by atoms with Crippen molar-refractivity contribution in [2.45, 2.75) is 59.7 Å². The summed E-state index contributed by atoms with van der Waals surface area (Å²) in [6.45, 7) is 13.9. The molecule has 3 aromatic carbocycles. The Morgan fingerprint density at radius 1 is 0.756 bits per heavy atom. The molecule has 214 valence electrons. The molecule has 41 heavy (non-hydrogen) atoms. The van der Waals surface area contributed by atoms with Crippen LogP contribution in [0.3, 0.4) is 0 Å². The van der Waals surface area contributed by atoms with Crippen molar-refractivity contribution in [1.29, 1.82) is 0 Å². The first-order valence-electron chi connectivity index (χ1n) is 14.0. The zero-order chi connectivity index (χ0) is 29.9. The number of carbonyl (C=O) groups excluding carboxylic acids is 2. The van der Waals surface area contributed by atoms with Gasteiger partial charge in [-0.1, -0.05) is 48.6 Å². The van der Waals surface area contributed by atoms with Crippen molar-refractivity contribution in [2.24, 2.45) is 0 Å². The van der Waals surface area contributed by atoms with Gasteiger partial charge in [-0.3, -0.25) is 0 Å². The number of ether oxygens (including phenoxy) is 2. The first-order chi connectivity index (χ1) is 19.2. The first kappa shape index (κ1) is 28.4. The minimum absolute atomic E-state index is 0.440. The highest BCUT2D eigenvalue weighted by Crippen LogP contribution is 2.44. The third-order valence-corrected chi connectivity index (χ3v) is 6.91. The van der Waals surface area contributed by atoms with Crippen LogP contribution in [0.25, 0.3) is 49.7 Å². The van der Waals surface area contributed by atoms with Crippen molar-refractivity contribution in [1.82, 2.24) is 14.0 Å². The Bertz CT molecular complexity index is 1850. The summed E-state index contributed by atoms with van der Waals surface area (Å²) >= 11 is 0. The number of hydrogen-bond donors (Lipinski definition) is 0. The molecule has 7 nitrogen and oxygen atoms in total. The zero-order valence-corrected chi connectivity index (χ0v) is 25.5. The van der Waals surface area contributed by atoms with Gasteiger partial charge in [0.15, 0.2) is 0 Å². The predicted molar refractivity (Wildman–Crippen MR) is 168 cm³/mol. The highest BCUT2D eigenvalue weighted by Gasteiger charge is 2.30. The fourth-order valence-corrected chi connectivity index (χ4v) is 5.52. The van der Waals surface area contributed by atoms with E-state index in [1.807, 2.05) is 111 Å². The molecule has 2 heterocycles. The van der Waals surface area contributed by atoms with E-state index in [0.29, 0.717) is 6.54 Å². The molecule has 0 saturated heterocycles. The maximum absolute atomic E-state index is 13.9. The van der Waals surface area contributed by atoms with Gasteiger partial charge in [0.2, 0.25) is 0 Å². The first-order valence-corrected chi connectivity index (χ1v) is 14.0. The molecule has 0 aliphatic carbocycles. The van der Waals surface area contributed by atoms with Crippen LogP contribution in [0.4, 0.5) is 9.59 Å². The average Bonchev–Trinajstić information content (AvgIpc) is 3.38. The number of fused-ring (bicyclic) bond motifs is 6. The van der Waals surface area contributed by atoms with Gasteiger partial charge in [0.1, 0.15) is 11.2 Å². The van der Waals surface area contributed by atoms with Crippen LogP contribution >= 0.6 is 0 Å². The lowest BCUT2D eigenvalue weighted by Crippen LogP contribution is -2.27. The summed E-state index contributed by atoms with van der Waals surface area (Å²) in [5.74, 6) is 0. The summed E-state index contributed by atoms with van der Waals surface area (Å²) < 4.78 is 15.2. The van der Waals surface area contributed by atoms with Crippen molar-refractivity contribution in [3.8, 4) is 0 Å². The molecule has 5 aromatic rings. The van der Waals surface area contributed by atoms with Crippen LogP contribution in [0.5, 0.6) is 0 Å². The molecule has 2 aromatic heterocycles. The zero-order valence-electron chi connectivity index (χ0n) is 25.5. The van der Waals surface area contributed by atoms with Crippen LogP contribution in [-0.4, -0.2) is 58.1 Å². The Labute approximate surface area is 240 Å². The molecule has 0 bridgehead atoms. The number of rotatable bonds is 3. The third kappa shape index (κ3) is 5.10. The normalized spacial score (nSPS) is 12.9. The smallest absolute Gasteiger partial charge is 0.419 e. The van der Waals surface area contributed by atoms with E-state index in [9.17, 15) is 9.59 Å². The Morgan fingerprint density at radius 3 is 1.71 bits per heavy atom. The molecule has 0 spiro atoms. The van der Waals surface area contributed by atoms with Crippen molar-refractivity contribution in [3.05, 3.63) is 65.7 Å². The van der Waals surface area contributed by atoms with Gasteiger partial charge >= 0.3 is 12.2 Å². The Balaban J connectivity index is 2.04. The molecular weight excluding hydrogens is 514 g/mol. The largest absolute Gasteiger partial charge is 0.443 e. The SMILES string of the molecule is Cc1c2c3ccccc3n(C(=O)OC(C)(C)C)c2c(/C=C\CN(C)C)c2c3ccccc3n(C(=O)OC(C)(C)C)c12. The maximum Gasteiger partial charge on any atom is 0.419 e. The molecular formula is C34H39N3O4. The van der Waals surface area contributed by atoms with Gasteiger partial charge in [-0.05, 0) is 80.3 Å². The summed E-state index contributed by atoms with van der Waals surface area (Å²) in [6, 6.07) is 15.7. The lowest BCUT2D eigenvalue weighted by atomic mass is 9.97. The number of aryl methyl sites for hydroxylation is 1. The molecule has 0 N–H and O–H groups in total. The van der Waals surface area contributed by atoms with Gasteiger partial charge in [0.25, 0.3) is 0 Å². The van der Waals surface area contributed by atoms with E-state index in [-0.39, 0.29) is 0 Å². The minimum Gasteiger partial charge on any atom is -0.443 e. The van der Waals surface area contributed by atoms with Gasteiger partial charge < -0.3 is 14.4 Å². The molecule has 0 saturated carbocycles. The lowest BCUT2D eigenvalue weighted by molar-refractivity contribution is 0.0539. The quantitative estimate of drug-likeness (QED) is 0.225. The highest BCUT2D eigenvalue weighted by molar-refractivity contribution is 6.27.